The molecule has 1 aromatic carbocycles. The standard InChI is InChI=1S/C20H30N2O2S/c1-14(2)16(15-9-7-6-8-10-15)11-21-18(23)17-12-25-13-22(17)19(24)20(3,4)5/h6-10,14,16-17H,11-13H2,1-5H3,(H,21,23). The van der Waals surface area contributed by atoms with Gasteiger partial charge in [-0.15, -0.1) is 11.8 Å². The number of nitrogens with zero attached hydrogens (tertiary/aromatic N) is 1. The second kappa shape index (κ2) is 8.26. The zero-order chi connectivity index (χ0) is 18.6. The van der Waals surface area contributed by atoms with Gasteiger partial charge in [-0.2, -0.15) is 0 Å². The van der Waals surface area contributed by atoms with E-state index in [9.17, 15) is 9.59 Å². The van der Waals surface area contributed by atoms with Gasteiger partial charge in [0.15, 0.2) is 0 Å². The molecule has 1 aliphatic rings. The van der Waals surface area contributed by atoms with Crippen molar-refractivity contribution in [2.45, 2.75) is 46.6 Å². The van der Waals surface area contributed by atoms with Crippen LogP contribution in [0.5, 0.6) is 0 Å². The minimum absolute atomic E-state index is 0.0378. The van der Waals surface area contributed by atoms with Crippen LogP contribution in [0.25, 0.3) is 0 Å². The van der Waals surface area contributed by atoms with Crippen LogP contribution in [-0.2, 0) is 9.59 Å². The summed E-state index contributed by atoms with van der Waals surface area (Å²) in [4.78, 5) is 27.0. The van der Waals surface area contributed by atoms with E-state index in [0.29, 0.717) is 24.1 Å². The van der Waals surface area contributed by atoms with Gasteiger partial charge >= 0.3 is 0 Å². The second-order valence-corrected chi connectivity index (χ2v) is 9.05. The summed E-state index contributed by atoms with van der Waals surface area (Å²) in [5, 5.41) is 3.09. The van der Waals surface area contributed by atoms with Gasteiger partial charge in [0.1, 0.15) is 6.04 Å². The van der Waals surface area contributed by atoms with Crippen LogP contribution in [0.1, 0.15) is 46.1 Å². The molecule has 1 fully saturated rings. The van der Waals surface area contributed by atoms with Crippen LogP contribution in [0.2, 0.25) is 0 Å². The highest BCUT2D eigenvalue weighted by molar-refractivity contribution is 7.99. The molecule has 138 valence electrons. The van der Waals surface area contributed by atoms with Crippen molar-refractivity contribution in [2.75, 3.05) is 18.2 Å². The number of rotatable bonds is 5. The Morgan fingerprint density at radius 3 is 2.44 bits per heavy atom. The largest absolute Gasteiger partial charge is 0.354 e. The van der Waals surface area contributed by atoms with Gasteiger partial charge in [0, 0.05) is 23.6 Å². The highest BCUT2D eigenvalue weighted by atomic mass is 32.2. The number of hydrogen-bond acceptors (Lipinski definition) is 3. The first-order valence-corrected chi connectivity index (χ1v) is 10.1. The Labute approximate surface area is 155 Å². The molecule has 2 atom stereocenters. The van der Waals surface area contributed by atoms with Crippen LogP contribution >= 0.6 is 11.8 Å². The van der Waals surface area contributed by atoms with Crippen molar-refractivity contribution in [2.24, 2.45) is 11.3 Å². The van der Waals surface area contributed by atoms with Gasteiger partial charge < -0.3 is 10.2 Å². The Bertz CT molecular complexity index is 595. The van der Waals surface area contributed by atoms with Crippen molar-refractivity contribution in [3.63, 3.8) is 0 Å². The van der Waals surface area contributed by atoms with E-state index < -0.39 is 5.41 Å². The Balaban J connectivity index is 2.02. The third-order valence-corrected chi connectivity index (χ3v) is 5.63. The Hall–Kier alpha value is -1.49. The summed E-state index contributed by atoms with van der Waals surface area (Å²) in [6, 6.07) is 9.93. The lowest BCUT2D eigenvalue weighted by atomic mass is 9.88. The second-order valence-electron chi connectivity index (χ2n) is 8.05. The van der Waals surface area contributed by atoms with E-state index in [1.807, 2.05) is 39.0 Å². The minimum atomic E-state index is -0.464. The van der Waals surface area contributed by atoms with E-state index in [-0.39, 0.29) is 23.8 Å². The summed E-state index contributed by atoms with van der Waals surface area (Å²) in [5.41, 5.74) is 0.773. The first kappa shape index (κ1) is 19.8. The van der Waals surface area contributed by atoms with Crippen LogP contribution in [0, 0.1) is 11.3 Å². The average molecular weight is 363 g/mol. The third-order valence-electron chi connectivity index (χ3n) is 4.62. The molecule has 25 heavy (non-hydrogen) atoms. The number of amides is 2. The van der Waals surface area contributed by atoms with Crippen molar-refractivity contribution in [1.82, 2.24) is 10.2 Å². The Kier molecular flexibility index (Phi) is 6.55. The van der Waals surface area contributed by atoms with Crippen LogP contribution in [0.15, 0.2) is 30.3 Å². The number of thioether (sulfide) groups is 1. The van der Waals surface area contributed by atoms with Gasteiger partial charge in [0.2, 0.25) is 11.8 Å². The van der Waals surface area contributed by atoms with Crippen molar-refractivity contribution in [1.29, 1.82) is 0 Å². The van der Waals surface area contributed by atoms with Crippen molar-refractivity contribution in [3.8, 4) is 0 Å². The van der Waals surface area contributed by atoms with Crippen molar-refractivity contribution < 1.29 is 9.59 Å². The Morgan fingerprint density at radius 2 is 1.88 bits per heavy atom. The quantitative estimate of drug-likeness (QED) is 0.872. The van der Waals surface area contributed by atoms with Gasteiger partial charge in [-0.1, -0.05) is 65.0 Å². The van der Waals surface area contributed by atoms with Gasteiger partial charge in [-0.3, -0.25) is 9.59 Å². The fourth-order valence-corrected chi connectivity index (χ4v) is 4.21. The number of nitrogens with one attached hydrogen (secondary N) is 1. The molecule has 2 rings (SSSR count). The molecule has 0 bridgehead atoms. The number of carbonyl (C=O) groups excluding carboxylic acids is 2. The van der Waals surface area contributed by atoms with Crippen LogP contribution < -0.4 is 5.32 Å². The van der Waals surface area contributed by atoms with Crippen LogP contribution in [0.3, 0.4) is 0 Å². The van der Waals surface area contributed by atoms with E-state index in [0.717, 1.165) is 0 Å². The predicted octanol–water partition coefficient (Wildman–Crippen LogP) is 3.49. The number of hydrogen-bond donors (Lipinski definition) is 1. The lowest BCUT2D eigenvalue weighted by molar-refractivity contribution is -0.144. The lowest BCUT2D eigenvalue weighted by Crippen LogP contribution is -2.51. The fraction of sp³-hybridized carbons (Fsp3) is 0.600. The van der Waals surface area contributed by atoms with Crippen molar-refractivity contribution in [3.05, 3.63) is 35.9 Å². The highest BCUT2D eigenvalue weighted by Gasteiger charge is 2.39. The normalized spacial score (nSPS) is 19.1. The van der Waals surface area contributed by atoms with E-state index in [2.05, 4.69) is 31.3 Å². The minimum Gasteiger partial charge on any atom is -0.354 e. The maximum Gasteiger partial charge on any atom is 0.243 e. The molecule has 4 nitrogen and oxygen atoms in total. The molecular formula is C20H30N2O2S. The average Bonchev–Trinajstić information content (AvgIpc) is 3.03. The lowest BCUT2D eigenvalue weighted by Gasteiger charge is -2.30. The molecule has 0 aliphatic carbocycles. The topological polar surface area (TPSA) is 49.4 Å². The third kappa shape index (κ3) is 5.00. The van der Waals surface area contributed by atoms with Gasteiger partial charge in [0.05, 0.1) is 5.88 Å². The summed E-state index contributed by atoms with van der Waals surface area (Å²) >= 11 is 1.64. The van der Waals surface area contributed by atoms with Gasteiger partial charge in [0.25, 0.3) is 0 Å². The molecule has 1 saturated heterocycles. The van der Waals surface area contributed by atoms with E-state index in [1.54, 1.807) is 16.7 Å². The summed E-state index contributed by atoms with van der Waals surface area (Å²) in [6.07, 6.45) is 0. The summed E-state index contributed by atoms with van der Waals surface area (Å²) in [6.45, 7) is 10.6. The highest BCUT2D eigenvalue weighted by Crippen LogP contribution is 2.28. The molecule has 1 heterocycles. The first-order valence-electron chi connectivity index (χ1n) is 8.93. The Morgan fingerprint density at radius 1 is 1.24 bits per heavy atom. The molecular weight excluding hydrogens is 332 g/mol. The molecule has 1 N–H and O–H groups in total. The molecule has 0 saturated carbocycles. The summed E-state index contributed by atoms with van der Waals surface area (Å²) in [5.74, 6) is 1.97. The molecule has 2 unspecified atom stereocenters. The van der Waals surface area contributed by atoms with Crippen LogP contribution in [-0.4, -0.2) is 40.9 Å². The zero-order valence-corrected chi connectivity index (χ0v) is 16.7. The first-order chi connectivity index (χ1) is 11.7. The maximum atomic E-state index is 12.7. The molecule has 5 heteroatoms. The van der Waals surface area contributed by atoms with E-state index >= 15 is 0 Å². The monoisotopic (exact) mass is 362 g/mol. The molecule has 2 amide bonds. The molecule has 0 radical (unpaired) electrons. The van der Waals surface area contributed by atoms with E-state index in [1.165, 1.54) is 5.56 Å². The van der Waals surface area contributed by atoms with Gasteiger partial charge in [-0.05, 0) is 11.5 Å². The van der Waals surface area contributed by atoms with E-state index in [4.69, 9.17) is 0 Å². The predicted molar refractivity (Wildman–Crippen MR) is 104 cm³/mol. The fourth-order valence-electron chi connectivity index (χ4n) is 3.06. The van der Waals surface area contributed by atoms with Gasteiger partial charge in [-0.25, -0.2) is 0 Å². The zero-order valence-electron chi connectivity index (χ0n) is 15.9. The maximum absolute atomic E-state index is 12.7. The van der Waals surface area contributed by atoms with Crippen LogP contribution in [0.4, 0.5) is 0 Å². The van der Waals surface area contributed by atoms with Crippen molar-refractivity contribution >= 4 is 23.6 Å². The number of benzene rings is 1. The summed E-state index contributed by atoms with van der Waals surface area (Å²) in [7, 11) is 0. The number of carbonyl (C=O) groups is 2. The SMILES string of the molecule is CC(C)C(CNC(=O)C1CSCN1C(=O)C(C)(C)C)c1ccccc1. The summed E-state index contributed by atoms with van der Waals surface area (Å²) < 4.78 is 0. The molecule has 1 aromatic rings. The smallest absolute Gasteiger partial charge is 0.243 e. The molecule has 1 aliphatic heterocycles. The molecule has 0 aromatic heterocycles. The molecule has 0 spiro atoms.